The topological polar surface area (TPSA) is 90.7 Å². The molecule has 1 aromatic carbocycles. The van der Waals surface area contributed by atoms with Crippen molar-refractivity contribution in [1.82, 2.24) is 5.32 Å². The van der Waals surface area contributed by atoms with Crippen LogP contribution < -0.4 is 10.1 Å². The molecule has 0 saturated carbocycles. The molecule has 0 spiro atoms. The summed E-state index contributed by atoms with van der Waals surface area (Å²) < 4.78 is 9.90. The number of nitro benzene ring substituents is 1. The number of ether oxygens (including phenoxy) is 2. The van der Waals surface area contributed by atoms with E-state index in [2.05, 4.69) is 5.32 Å². The van der Waals surface area contributed by atoms with Gasteiger partial charge in [0.15, 0.2) is 12.4 Å². The summed E-state index contributed by atoms with van der Waals surface area (Å²) in [4.78, 5) is 21.6. The number of esters is 1. The largest absolute Gasteiger partial charge is 0.475 e. The molecule has 0 radical (unpaired) electrons. The summed E-state index contributed by atoms with van der Waals surface area (Å²) in [5.74, 6) is -0.489. The van der Waals surface area contributed by atoms with Gasteiger partial charge < -0.3 is 14.8 Å². The van der Waals surface area contributed by atoms with E-state index in [1.807, 2.05) is 6.92 Å². The highest BCUT2D eigenvalue weighted by atomic mass is 16.6. The zero-order valence-corrected chi connectivity index (χ0v) is 11.5. The molecule has 1 rings (SSSR count). The van der Waals surface area contributed by atoms with Gasteiger partial charge in [-0.25, -0.2) is 4.79 Å². The van der Waals surface area contributed by atoms with Gasteiger partial charge in [0.05, 0.1) is 11.5 Å². The van der Waals surface area contributed by atoms with Gasteiger partial charge >= 0.3 is 11.7 Å². The highest BCUT2D eigenvalue weighted by Gasteiger charge is 2.17. The smallest absolute Gasteiger partial charge is 0.344 e. The monoisotopic (exact) mass is 282 g/mol. The Morgan fingerprint density at radius 2 is 2.15 bits per heavy atom. The van der Waals surface area contributed by atoms with Crippen LogP contribution in [-0.4, -0.2) is 30.7 Å². The Balaban J connectivity index is 2.82. The summed E-state index contributed by atoms with van der Waals surface area (Å²) in [6.07, 6.45) is 0. The van der Waals surface area contributed by atoms with Gasteiger partial charge in [-0.1, -0.05) is 13.0 Å². The first kappa shape index (κ1) is 15.9. The van der Waals surface area contributed by atoms with E-state index in [1.165, 1.54) is 6.07 Å². The van der Waals surface area contributed by atoms with E-state index in [0.717, 1.165) is 12.1 Å². The number of carbonyl (C=O) groups excluding carboxylic acids is 1. The van der Waals surface area contributed by atoms with Crippen LogP contribution in [-0.2, 0) is 16.1 Å². The molecule has 0 aliphatic heterocycles. The van der Waals surface area contributed by atoms with Crippen LogP contribution in [0.4, 0.5) is 5.69 Å². The molecular weight excluding hydrogens is 264 g/mol. The van der Waals surface area contributed by atoms with Crippen molar-refractivity contribution < 1.29 is 19.2 Å². The average Bonchev–Trinajstić information content (AvgIpc) is 2.43. The number of nitrogens with zero attached hydrogens (tertiary/aromatic N) is 1. The number of hydrogen-bond donors (Lipinski definition) is 1. The van der Waals surface area contributed by atoms with Crippen molar-refractivity contribution in [3.63, 3.8) is 0 Å². The van der Waals surface area contributed by atoms with Gasteiger partial charge in [0.2, 0.25) is 0 Å². The molecule has 7 nitrogen and oxygen atoms in total. The van der Waals surface area contributed by atoms with E-state index in [9.17, 15) is 14.9 Å². The number of nitrogens with one attached hydrogen (secondary N) is 1. The maximum Gasteiger partial charge on any atom is 0.344 e. The molecule has 0 atom stereocenters. The average molecular weight is 282 g/mol. The Kier molecular flexibility index (Phi) is 6.45. The Labute approximate surface area is 117 Å². The molecule has 0 fully saturated rings. The summed E-state index contributed by atoms with van der Waals surface area (Å²) in [6.45, 7) is 4.89. The molecule has 0 amide bonds. The maximum atomic E-state index is 11.2. The van der Waals surface area contributed by atoms with Gasteiger partial charge in [-0.15, -0.1) is 0 Å². The molecule has 0 unspecified atom stereocenters. The number of hydrogen-bond acceptors (Lipinski definition) is 6. The fraction of sp³-hybridized carbons (Fsp3) is 0.462. The first-order valence-electron chi connectivity index (χ1n) is 6.34. The molecule has 1 aromatic rings. The fourth-order valence-corrected chi connectivity index (χ4v) is 1.54. The first-order valence-corrected chi connectivity index (χ1v) is 6.34. The lowest BCUT2D eigenvalue weighted by molar-refractivity contribution is -0.385. The normalized spacial score (nSPS) is 10.1. The van der Waals surface area contributed by atoms with Gasteiger partial charge in [-0.3, -0.25) is 10.1 Å². The highest BCUT2D eigenvalue weighted by molar-refractivity contribution is 5.71. The van der Waals surface area contributed by atoms with Crippen LogP contribution >= 0.6 is 0 Å². The van der Waals surface area contributed by atoms with Crippen molar-refractivity contribution in [2.45, 2.75) is 20.4 Å². The van der Waals surface area contributed by atoms with Crippen molar-refractivity contribution in [3.05, 3.63) is 33.9 Å². The Morgan fingerprint density at radius 1 is 1.40 bits per heavy atom. The third kappa shape index (κ3) is 4.85. The van der Waals surface area contributed by atoms with E-state index >= 15 is 0 Å². The number of carbonyl (C=O) groups is 1. The first-order chi connectivity index (χ1) is 9.58. The van der Waals surface area contributed by atoms with E-state index in [4.69, 9.17) is 9.47 Å². The molecule has 1 N–H and O–H groups in total. The van der Waals surface area contributed by atoms with E-state index in [1.54, 1.807) is 19.1 Å². The van der Waals surface area contributed by atoms with Crippen LogP contribution in [0.15, 0.2) is 18.2 Å². The minimum Gasteiger partial charge on any atom is -0.475 e. The summed E-state index contributed by atoms with van der Waals surface area (Å²) in [7, 11) is 0. The zero-order valence-electron chi connectivity index (χ0n) is 11.5. The standard InChI is InChI=1S/C13H18N2O5/c1-3-14-8-10-5-6-11(15(17)18)12(7-10)20-9-13(16)19-4-2/h5-7,14H,3-4,8-9H2,1-2H3. The van der Waals surface area contributed by atoms with Crippen LogP contribution in [0.5, 0.6) is 5.75 Å². The molecule has 20 heavy (non-hydrogen) atoms. The lowest BCUT2D eigenvalue weighted by Gasteiger charge is -2.08. The van der Waals surface area contributed by atoms with Crippen LogP contribution in [0.25, 0.3) is 0 Å². The number of rotatable bonds is 8. The molecule has 0 heterocycles. The van der Waals surface area contributed by atoms with Crippen molar-refractivity contribution in [1.29, 1.82) is 0 Å². The van der Waals surface area contributed by atoms with Crippen molar-refractivity contribution in [2.24, 2.45) is 0 Å². The minimum absolute atomic E-state index is 0.0680. The molecule has 7 heteroatoms. The Morgan fingerprint density at radius 3 is 2.75 bits per heavy atom. The van der Waals surface area contributed by atoms with E-state index < -0.39 is 10.9 Å². The lowest BCUT2D eigenvalue weighted by atomic mass is 10.2. The predicted octanol–water partition coefficient (Wildman–Crippen LogP) is 1.65. The van der Waals surface area contributed by atoms with Crippen LogP contribution in [0.2, 0.25) is 0 Å². The minimum atomic E-state index is -0.557. The van der Waals surface area contributed by atoms with Gasteiger partial charge in [0.1, 0.15) is 0 Å². The second-order valence-electron chi connectivity index (χ2n) is 3.93. The van der Waals surface area contributed by atoms with Crippen LogP contribution in [0, 0.1) is 10.1 Å². The lowest BCUT2D eigenvalue weighted by Crippen LogP contribution is -2.16. The molecular formula is C13H18N2O5. The van der Waals surface area contributed by atoms with Gasteiger partial charge in [0.25, 0.3) is 0 Å². The molecule has 0 bridgehead atoms. The molecule has 110 valence electrons. The SMILES string of the molecule is CCNCc1ccc([N+](=O)[O-])c(OCC(=O)OCC)c1. The molecule has 0 saturated heterocycles. The summed E-state index contributed by atoms with van der Waals surface area (Å²) >= 11 is 0. The molecule has 0 aliphatic rings. The van der Waals surface area contributed by atoms with E-state index in [0.29, 0.717) is 6.54 Å². The van der Waals surface area contributed by atoms with Crippen molar-refractivity contribution in [2.75, 3.05) is 19.8 Å². The number of nitro groups is 1. The van der Waals surface area contributed by atoms with E-state index in [-0.39, 0.29) is 24.7 Å². The van der Waals surface area contributed by atoms with Gasteiger partial charge in [-0.2, -0.15) is 0 Å². The third-order valence-corrected chi connectivity index (χ3v) is 2.45. The van der Waals surface area contributed by atoms with Crippen LogP contribution in [0.1, 0.15) is 19.4 Å². The second kappa shape index (κ2) is 8.11. The summed E-state index contributed by atoms with van der Waals surface area (Å²) in [6, 6.07) is 4.57. The summed E-state index contributed by atoms with van der Waals surface area (Å²) in [5.41, 5.74) is 0.672. The summed E-state index contributed by atoms with van der Waals surface area (Å²) in [5, 5.41) is 14.0. The number of benzene rings is 1. The highest BCUT2D eigenvalue weighted by Crippen LogP contribution is 2.28. The molecule has 0 aromatic heterocycles. The maximum absolute atomic E-state index is 11.2. The van der Waals surface area contributed by atoms with Gasteiger partial charge in [0, 0.05) is 12.6 Å². The predicted molar refractivity (Wildman–Crippen MR) is 72.6 cm³/mol. The Hall–Kier alpha value is -2.15. The fourth-order valence-electron chi connectivity index (χ4n) is 1.54. The van der Waals surface area contributed by atoms with Crippen molar-refractivity contribution >= 4 is 11.7 Å². The van der Waals surface area contributed by atoms with Crippen LogP contribution in [0.3, 0.4) is 0 Å². The molecule has 0 aliphatic carbocycles. The van der Waals surface area contributed by atoms with Crippen molar-refractivity contribution in [3.8, 4) is 5.75 Å². The Bertz CT molecular complexity index is 476. The zero-order chi connectivity index (χ0) is 15.0. The second-order valence-corrected chi connectivity index (χ2v) is 3.93. The third-order valence-electron chi connectivity index (χ3n) is 2.45. The quantitative estimate of drug-likeness (QED) is 0.443. The van der Waals surface area contributed by atoms with Gasteiger partial charge in [-0.05, 0) is 25.1 Å².